The molecule has 1 radical (unpaired) electrons. The second-order valence-electron chi connectivity index (χ2n) is 1.80. The second-order valence-corrected chi connectivity index (χ2v) is 1.80. The van der Waals surface area contributed by atoms with Crippen molar-refractivity contribution in [1.29, 1.82) is 0 Å². The average molecular weight is 119 g/mol. The first-order valence-electron chi connectivity index (χ1n) is 2.42. The fourth-order valence-corrected chi connectivity index (χ4v) is 0.209. The molecule has 0 aromatic rings. The van der Waals surface area contributed by atoms with Crippen LogP contribution in [0.3, 0.4) is 0 Å². The second kappa shape index (κ2) is 2.44. The van der Waals surface area contributed by atoms with Crippen molar-refractivity contribution < 1.29 is 15.3 Å². The van der Waals surface area contributed by atoms with Gasteiger partial charge in [-0.1, -0.05) is 0 Å². The van der Waals surface area contributed by atoms with E-state index in [1.807, 2.05) is 0 Å². The van der Waals surface area contributed by atoms with E-state index in [9.17, 15) is 0 Å². The van der Waals surface area contributed by atoms with Crippen LogP contribution in [0.25, 0.3) is 0 Å². The van der Waals surface area contributed by atoms with E-state index in [4.69, 9.17) is 15.3 Å². The van der Waals surface area contributed by atoms with Crippen LogP contribution in [0.15, 0.2) is 0 Å². The molecule has 8 heavy (non-hydrogen) atoms. The highest BCUT2D eigenvalue weighted by Gasteiger charge is 2.26. The fourth-order valence-electron chi connectivity index (χ4n) is 0.209. The molecule has 0 fully saturated rings. The minimum atomic E-state index is -2.01. The van der Waals surface area contributed by atoms with E-state index < -0.39 is 11.9 Å². The Hall–Kier alpha value is -0.120. The predicted molar refractivity (Wildman–Crippen MR) is 28.8 cm³/mol. The van der Waals surface area contributed by atoms with Gasteiger partial charge in [-0.05, 0) is 13.8 Å². The molecular formula is C5H11O3. The molecule has 0 saturated heterocycles. The molecule has 1 atom stereocenters. The molecule has 3 N–H and O–H groups in total. The summed E-state index contributed by atoms with van der Waals surface area (Å²) in [6.07, 6.45) is -1.25. The largest absolute Gasteiger partial charge is 0.388 e. The first kappa shape index (κ1) is 7.88. The molecule has 3 nitrogen and oxygen atoms in total. The molecule has 0 rings (SSSR count). The number of hydrogen-bond acceptors (Lipinski definition) is 3. The molecule has 0 heterocycles. The van der Waals surface area contributed by atoms with Gasteiger partial charge in [-0.15, -0.1) is 0 Å². The molecule has 0 aliphatic rings. The van der Waals surface area contributed by atoms with Crippen molar-refractivity contribution in [2.75, 3.05) is 0 Å². The Balaban J connectivity index is 3.71. The summed E-state index contributed by atoms with van der Waals surface area (Å²) in [6.45, 7) is 4.52. The van der Waals surface area contributed by atoms with E-state index in [0.717, 1.165) is 0 Å². The van der Waals surface area contributed by atoms with Gasteiger partial charge in [-0.2, -0.15) is 0 Å². The molecule has 0 aromatic heterocycles. The van der Waals surface area contributed by atoms with Crippen LogP contribution in [0.1, 0.15) is 13.3 Å². The van der Waals surface area contributed by atoms with E-state index in [1.54, 1.807) is 0 Å². The highest BCUT2D eigenvalue weighted by atomic mass is 16.5. The number of aliphatic hydroxyl groups excluding tert-OH is 1. The Morgan fingerprint density at radius 3 is 2.00 bits per heavy atom. The molecule has 0 aromatic carbocycles. The van der Waals surface area contributed by atoms with Crippen LogP contribution in [-0.4, -0.2) is 27.2 Å². The SMILES string of the molecule is [CH2]CC(O)(O)C(C)O. The van der Waals surface area contributed by atoms with Crippen molar-refractivity contribution >= 4 is 0 Å². The Bertz CT molecular complexity index is 68.1. The summed E-state index contributed by atoms with van der Waals surface area (Å²) < 4.78 is 0. The van der Waals surface area contributed by atoms with Gasteiger partial charge in [-0.3, -0.25) is 0 Å². The van der Waals surface area contributed by atoms with Gasteiger partial charge in [0.25, 0.3) is 0 Å². The third-order valence-corrected chi connectivity index (χ3v) is 1.04. The molecule has 0 spiro atoms. The molecule has 1 unspecified atom stereocenters. The molecule has 0 amide bonds. The lowest BCUT2D eigenvalue weighted by atomic mass is 10.1. The summed E-state index contributed by atoms with van der Waals surface area (Å²) >= 11 is 0. The van der Waals surface area contributed by atoms with Crippen LogP contribution >= 0.6 is 0 Å². The van der Waals surface area contributed by atoms with Crippen LogP contribution in [0, 0.1) is 6.92 Å². The fraction of sp³-hybridized carbons (Fsp3) is 0.800. The number of aliphatic hydroxyl groups is 3. The van der Waals surface area contributed by atoms with E-state index in [2.05, 4.69) is 6.92 Å². The van der Waals surface area contributed by atoms with Crippen LogP contribution in [0.2, 0.25) is 0 Å². The molecule has 49 valence electrons. The van der Waals surface area contributed by atoms with Crippen molar-refractivity contribution in [3.63, 3.8) is 0 Å². The Morgan fingerprint density at radius 2 is 2.00 bits per heavy atom. The van der Waals surface area contributed by atoms with Gasteiger partial charge in [-0.25, -0.2) is 0 Å². The first-order chi connectivity index (χ1) is 3.50. The summed E-state index contributed by atoms with van der Waals surface area (Å²) in [6, 6.07) is 0. The molecule has 3 heteroatoms. The molecule has 0 aliphatic carbocycles. The molecular weight excluding hydrogens is 108 g/mol. The van der Waals surface area contributed by atoms with Crippen LogP contribution < -0.4 is 0 Å². The maximum absolute atomic E-state index is 8.64. The van der Waals surface area contributed by atoms with E-state index in [-0.39, 0.29) is 6.42 Å². The van der Waals surface area contributed by atoms with Gasteiger partial charge in [0.1, 0.15) is 6.10 Å². The third-order valence-electron chi connectivity index (χ3n) is 1.04. The lowest BCUT2D eigenvalue weighted by molar-refractivity contribution is -0.217. The number of rotatable bonds is 2. The van der Waals surface area contributed by atoms with E-state index in [0.29, 0.717) is 0 Å². The zero-order valence-electron chi connectivity index (χ0n) is 4.83. The highest BCUT2D eigenvalue weighted by molar-refractivity contribution is 4.71. The van der Waals surface area contributed by atoms with Gasteiger partial charge in [0.15, 0.2) is 5.79 Å². The van der Waals surface area contributed by atoms with E-state index in [1.165, 1.54) is 6.92 Å². The van der Waals surface area contributed by atoms with Gasteiger partial charge in [0.05, 0.1) is 0 Å². The van der Waals surface area contributed by atoms with Gasteiger partial charge in [0, 0.05) is 6.42 Å². The summed E-state index contributed by atoms with van der Waals surface area (Å²) in [7, 11) is 0. The average Bonchev–Trinajstić information content (AvgIpc) is 1.67. The van der Waals surface area contributed by atoms with Gasteiger partial charge < -0.3 is 15.3 Å². The van der Waals surface area contributed by atoms with Gasteiger partial charge >= 0.3 is 0 Å². The van der Waals surface area contributed by atoms with Crippen molar-refractivity contribution in [3.8, 4) is 0 Å². The third kappa shape index (κ3) is 1.78. The zero-order chi connectivity index (χ0) is 6.78. The molecule has 0 bridgehead atoms. The quantitative estimate of drug-likeness (QED) is 0.420. The van der Waals surface area contributed by atoms with Crippen molar-refractivity contribution in [2.24, 2.45) is 0 Å². The smallest absolute Gasteiger partial charge is 0.189 e. The first-order valence-corrected chi connectivity index (χ1v) is 2.42. The topological polar surface area (TPSA) is 60.7 Å². The summed E-state index contributed by atoms with van der Waals surface area (Å²) in [5.41, 5.74) is 0. The van der Waals surface area contributed by atoms with Gasteiger partial charge in [0.2, 0.25) is 0 Å². The highest BCUT2D eigenvalue weighted by Crippen LogP contribution is 2.08. The zero-order valence-corrected chi connectivity index (χ0v) is 4.83. The summed E-state index contributed by atoms with van der Waals surface area (Å²) in [5, 5.41) is 25.8. The molecule has 0 aliphatic heterocycles. The Morgan fingerprint density at radius 1 is 1.62 bits per heavy atom. The molecule has 0 saturated carbocycles. The Kier molecular flexibility index (Phi) is 2.40. The normalized spacial score (nSPS) is 16.1. The summed E-state index contributed by atoms with van der Waals surface area (Å²) in [5.74, 6) is -2.01. The monoisotopic (exact) mass is 119 g/mol. The maximum Gasteiger partial charge on any atom is 0.189 e. The van der Waals surface area contributed by atoms with E-state index >= 15 is 0 Å². The minimum absolute atomic E-state index is 0.106. The van der Waals surface area contributed by atoms with Crippen molar-refractivity contribution in [3.05, 3.63) is 6.92 Å². The van der Waals surface area contributed by atoms with Crippen LogP contribution in [0.5, 0.6) is 0 Å². The maximum atomic E-state index is 8.64. The minimum Gasteiger partial charge on any atom is -0.388 e. The lowest BCUT2D eigenvalue weighted by Crippen LogP contribution is -2.39. The standard InChI is InChI=1S/C5H11O3/c1-3-5(7,8)4(2)6/h4,6-8H,1,3H2,2H3. The predicted octanol–water partition coefficient (Wildman–Crippen LogP) is -0.728. The van der Waals surface area contributed by atoms with Crippen LogP contribution in [0.4, 0.5) is 0 Å². The Labute approximate surface area is 48.6 Å². The van der Waals surface area contributed by atoms with Crippen molar-refractivity contribution in [2.45, 2.75) is 25.2 Å². The lowest BCUT2D eigenvalue weighted by Gasteiger charge is -2.22. The summed E-state index contributed by atoms with van der Waals surface area (Å²) in [4.78, 5) is 0. The van der Waals surface area contributed by atoms with Crippen molar-refractivity contribution in [1.82, 2.24) is 0 Å². The number of hydrogen-bond donors (Lipinski definition) is 3. The van der Waals surface area contributed by atoms with Crippen LogP contribution in [-0.2, 0) is 0 Å².